The molecule has 116 heavy (non-hydrogen) atoms. The van der Waals surface area contributed by atoms with Crippen LogP contribution in [0.2, 0.25) is 0 Å². The summed E-state index contributed by atoms with van der Waals surface area (Å²) >= 11 is 0. The van der Waals surface area contributed by atoms with E-state index in [9.17, 15) is 0 Å². The summed E-state index contributed by atoms with van der Waals surface area (Å²) in [4.78, 5) is 6.11. The van der Waals surface area contributed by atoms with Crippen LogP contribution < -0.4 is 0 Å². The monoisotopic (exact) mass is 1480 g/mol. The molecule has 0 aliphatic heterocycles. The molecule has 9 heteroatoms. The fourth-order valence-electron chi connectivity index (χ4n) is 19.6. The molecule has 9 nitrogen and oxygen atoms in total. The Balaban J connectivity index is 0.871. The first-order chi connectivity index (χ1) is 57.6. The van der Waals surface area contributed by atoms with Gasteiger partial charge in [0, 0.05) is 93.7 Å². The van der Waals surface area contributed by atoms with Crippen LogP contribution in [0, 0.1) is 0 Å². The highest BCUT2D eigenvalue weighted by molar-refractivity contribution is 6.29. The maximum absolute atomic E-state index is 6.11. The second-order valence-corrected chi connectivity index (χ2v) is 30.6. The molecular formula is C107H67N9. The fraction of sp³-hybridized carbons (Fsp3) is 0. The molecule has 7 heterocycles. The van der Waals surface area contributed by atoms with E-state index in [4.69, 9.17) is 4.98 Å². The summed E-state index contributed by atoms with van der Waals surface area (Å²) in [6.07, 6.45) is 2.14. The lowest BCUT2D eigenvalue weighted by molar-refractivity contribution is 1.09. The van der Waals surface area contributed by atoms with Gasteiger partial charge in [-0.2, -0.15) is 0 Å². The molecule has 18 aromatic carbocycles. The van der Waals surface area contributed by atoms with Gasteiger partial charge in [-0.25, -0.2) is 0 Å². The van der Waals surface area contributed by atoms with E-state index in [0.29, 0.717) is 0 Å². The van der Waals surface area contributed by atoms with Gasteiger partial charge in [0.1, 0.15) is 0 Å². The van der Waals surface area contributed by atoms with Gasteiger partial charge in [-0.3, -0.25) is 4.98 Å². The van der Waals surface area contributed by atoms with Crippen LogP contribution >= 0.6 is 0 Å². The average molecular weight is 1480 g/mol. The molecule has 0 aliphatic carbocycles. The molecule has 0 bridgehead atoms. The highest BCUT2D eigenvalue weighted by Gasteiger charge is 2.26. The van der Waals surface area contributed by atoms with Crippen molar-refractivity contribution in [2.24, 2.45) is 0 Å². The van der Waals surface area contributed by atoms with Crippen LogP contribution in [-0.2, 0) is 0 Å². The molecule has 0 saturated heterocycles. The number of aromatic nitrogens is 9. The van der Waals surface area contributed by atoms with Crippen LogP contribution in [0.25, 0.3) is 220 Å². The Morgan fingerprint density at radius 2 is 0.336 bits per heavy atom. The summed E-state index contributed by atoms with van der Waals surface area (Å²) in [6.45, 7) is 0. The van der Waals surface area contributed by atoms with Crippen molar-refractivity contribution in [1.29, 1.82) is 0 Å². The van der Waals surface area contributed by atoms with E-state index in [0.717, 1.165) is 171 Å². The predicted molar refractivity (Wildman–Crippen MR) is 485 cm³/mol. The minimum absolute atomic E-state index is 0.857. The number of pyridine rings is 1. The molecule has 0 aliphatic rings. The Morgan fingerprint density at radius 3 is 0.681 bits per heavy atom. The van der Waals surface area contributed by atoms with Gasteiger partial charge in [0.2, 0.25) is 0 Å². The summed E-state index contributed by atoms with van der Waals surface area (Å²) in [5, 5.41) is 16.8. The maximum atomic E-state index is 6.11. The predicted octanol–water partition coefficient (Wildman–Crippen LogP) is 27.5. The average Bonchev–Trinajstić information content (AvgIpc) is 1.03. The van der Waals surface area contributed by atoms with Gasteiger partial charge >= 0.3 is 0 Å². The molecule has 25 rings (SSSR count). The third kappa shape index (κ3) is 9.30. The normalized spacial score (nSPS) is 12.1. The van der Waals surface area contributed by atoms with Crippen molar-refractivity contribution in [3.63, 3.8) is 0 Å². The number of para-hydroxylation sites is 14. The van der Waals surface area contributed by atoms with Crippen LogP contribution in [0.3, 0.4) is 0 Å². The van der Waals surface area contributed by atoms with E-state index in [-0.39, 0.29) is 0 Å². The Kier molecular flexibility index (Phi) is 13.7. The van der Waals surface area contributed by atoms with Crippen LogP contribution in [-0.4, -0.2) is 41.5 Å². The maximum Gasteiger partial charge on any atom is 0.0789 e. The van der Waals surface area contributed by atoms with Crippen LogP contribution in [0.15, 0.2) is 407 Å². The lowest BCUT2D eigenvalue weighted by atomic mass is 9.94. The van der Waals surface area contributed by atoms with Gasteiger partial charge in [-0.1, -0.05) is 212 Å². The fourth-order valence-corrected chi connectivity index (χ4v) is 19.6. The number of hydrogen-bond acceptors (Lipinski definition) is 1. The molecule has 0 spiro atoms. The van der Waals surface area contributed by atoms with Gasteiger partial charge in [0.15, 0.2) is 0 Å². The molecular weight excluding hydrogens is 1410 g/mol. The van der Waals surface area contributed by atoms with Gasteiger partial charge in [-0.15, -0.1) is 0 Å². The van der Waals surface area contributed by atoms with Crippen molar-refractivity contribution in [1.82, 2.24) is 41.5 Å². The zero-order valence-corrected chi connectivity index (χ0v) is 62.7. The van der Waals surface area contributed by atoms with Crippen molar-refractivity contribution in [2.45, 2.75) is 0 Å². The zero-order valence-electron chi connectivity index (χ0n) is 62.7. The Bertz CT molecular complexity index is 7970. The van der Waals surface area contributed by atoms with Gasteiger partial charge in [0.25, 0.3) is 0 Å². The number of benzene rings is 17. The first-order valence-electron chi connectivity index (χ1n) is 39.7. The molecule has 25 aromatic rings. The van der Waals surface area contributed by atoms with E-state index in [1.165, 1.54) is 49.0 Å². The number of fused-ring (bicyclic) bond motifs is 24. The highest BCUT2D eigenvalue weighted by Crippen LogP contribution is 2.47. The molecule has 0 unspecified atom stereocenters. The topological polar surface area (TPSA) is 52.3 Å². The van der Waals surface area contributed by atoms with E-state index < -0.39 is 0 Å². The van der Waals surface area contributed by atoms with Crippen molar-refractivity contribution < 1.29 is 0 Å². The van der Waals surface area contributed by atoms with Crippen LogP contribution in [0.4, 0.5) is 0 Å². The van der Waals surface area contributed by atoms with E-state index in [1.807, 2.05) is 0 Å². The van der Waals surface area contributed by atoms with Gasteiger partial charge in [-0.05, 0) is 215 Å². The molecule has 540 valence electrons. The lowest BCUT2D eigenvalue weighted by Gasteiger charge is -2.24. The molecule has 0 amide bonds. The van der Waals surface area contributed by atoms with Crippen molar-refractivity contribution >= 4 is 175 Å². The second-order valence-electron chi connectivity index (χ2n) is 30.6. The summed E-state index contributed by atoms with van der Waals surface area (Å²) in [5.41, 5.74) is 26.7. The van der Waals surface area contributed by atoms with Crippen molar-refractivity contribution in [3.8, 4) is 45.5 Å². The minimum atomic E-state index is 0.857. The third-order valence-electron chi connectivity index (χ3n) is 24.5. The van der Waals surface area contributed by atoms with E-state index >= 15 is 0 Å². The standard InChI is InChI=1S/C107H67N9/c1-5-29-68(30-6-1)109-99-49-25-26-50-100(99)110(69-31-7-2-8-32-69)104-64-85-84(63-103(104)109)76-56-53-72(115-95-47-23-17-41-81(95)87-60-73(54-57-97(87)115)113-91-43-19-13-37-77(91)78-38-14-20-44-92(78)113)59-83(76)89-62-75(116-96-48-24-18-42-82(96)88-61-74(55-58-98(88)116)114-93-45-21-15-39-79(93)80-40-16-22-46-94(80)114)67-108-107(89)90-66-106-105(65-86(85)90)111(70-33-9-3-10-34-70)101-51-27-28-52-102(101)112(106)71-35-11-4-12-36-71/h1-67H. The Labute approximate surface area is 663 Å². The highest BCUT2D eigenvalue weighted by atomic mass is 15.1. The third-order valence-corrected chi connectivity index (χ3v) is 24.5. The first kappa shape index (κ1) is 64.0. The second kappa shape index (κ2) is 24.9. The SMILES string of the molecule is c1ccc(-n2c3ccccc3n(-c3ccccc3)c3cc4c(cc32)c2ccc(-n3c5ccccc5c5cc(-n6c7ccccc7c7ccccc76)ccc53)cc2c2cc(-n3c5ccccc5c5cc(-n6c7ccccc7c7ccccc76)ccc53)cnc2c2cc3c(cc42)n(-c2ccccc2)c2ccccc2n3-c2ccccc2)cc1. The van der Waals surface area contributed by atoms with Gasteiger partial charge in [0.05, 0.1) is 106 Å². The lowest BCUT2D eigenvalue weighted by Crippen LogP contribution is -2.09. The summed E-state index contributed by atoms with van der Waals surface area (Å²) in [7, 11) is 0. The smallest absolute Gasteiger partial charge is 0.0789 e. The number of hydrogen-bond donors (Lipinski definition) is 0. The molecule has 7 aromatic heterocycles. The summed E-state index contributed by atoms with van der Waals surface area (Å²) < 4.78 is 19.7. The number of rotatable bonds is 8. The van der Waals surface area contributed by atoms with Gasteiger partial charge < -0.3 is 36.5 Å². The van der Waals surface area contributed by atoms with Crippen LogP contribution in [0.5, 0.6) is 0 Å². The van der Waals surface area contributed by atoms with Crippen molar-refractivity contribution in [2.75, 3.05) is 0 Å². The molecule has 0 saturated carbocycles. The molecule has 0 radical (unpaired) electrons. The van der Waals surface area contributed by atoms with Crippen molar-refractivity contribution in [3.05, 3.63) is 407 Å². The minimum Gasteiger partial charge on any atom is -0.309 e. The van der Waals surface area contributed by atoms with E-state index in [1.54, 1.807) is 0 Å². The first-order valence-corrected chi connectivity index (χ1v) is 39.7. The number of nitrogens with zero attached hydrogens (tertiary/aromatic N) is 9. The molecule has 0 N–H and O–H groups in total. The summed E-state index contributed by atoms with van der Waals surface area (Å²) in [6, 6.07) is 148. The van der Waals surface area contributed by atoms with Crippen LogP contribution in [0.1, 0.15) is 0 Å². The zero-order chi connectivity index (χ0) is 75.8. The van der Waals surface area contributed by atoms with E-state index in [2.05, 4.69) is 443 Å². The molecule has 0 atom stereocenters. The Morgan fingerprint density at radius 1 is 0.121 bits per heavy atom. The Hall–Kier alpha value is -15.7. The quantitative estimate of drug-likeness (QED) is 0.140. The largest absolute Gasteiger partial charge is 0.309 e. The summed E-state index contributed by atoms with van der Waals surface area (Å²) in [5.74, 6) is 0. The molecule has 0 fully saturated rings.